The van der Waals surface area contributed by atoms with Crippen LogP contribution in [0.25, 0.3) is 0 Å². The minimum atomic E-state index is -1.90. The molecular formula is C6H8BNO4. The van der Waals surface area contributed by atoms with Gasteiger partial charge in [0.15, 0.2) is 0 Å². The van der Waals surface area contributed by atoms with E-state index in [0.717, 1.165) is 6.08 Å². The van der Waals surface area contributed by atoms with Crippen molar-refractivity contribution in [3.63, 3.8) is 0 Å². The molecule has 0 unspecified atom stereocenters. The molecule has 0 atom stereocenters. The Morgan fingerprint density at radius 3 is 2.33 bits per heavy atom. The first-order chi connectivity index (χ1) is 5.50. The molecule has 5 nitrogen and oxygen atoms in total. The predicted octanol–water partition coefficient (Wildman–Crippen LogP) is -0.0988. The average molecular weight is 169 g/mol. The van der Waals surface area contributed by atoms with E-state index in [0.29, 0.717) is 0 Å². The second-order valence-corrected chi connectivity index (χ2v) is 1.94. The van der Waals surface area contributed by atoms with Crippen LogP contribution in [0.4, 0.5) is 0 Å². The fraction of sp³-hybridized carbons (Fsp3) is 0. The second-order valence-electron chi connectivity index (χ2n) is 1.94. The Morgan fingerprint density at radius 1 is 1.58 bits per heavy atom. The molecule has 0 aromatic heterocycles. The van der Waals surface area contributed by atoms with Gasteiger partial charge in [0.05, 0.1) is 10.4 Å². The summed E-state index contributed by atoms with van der Waals surface area (Å²) in [6.07, 6.45) is 2.33. The predicted molar refractivity (Wildman–Crippen MR) is 44.6 cm³/mol. The first-order valence-electron chi connectivity index (χ1n) is 3.03. The zero-order valence-electron chi connectivity index (χ0n) is 6.30. The number of nitrogens with zero attached hydrogens (tertiary/aromatic N) is 1. The van der Waals surface area contributed by atoms with Gasteiger partial charge in [-0.25, -0.2) is 0 Å². The van der Waals surface area contributed by atoms with Gasteiger partial charge in [-0.1, -0.05) is 18.7 Å². The van der Waals surface area contributed by atoms with Crippen molar-refractivity contribution in [1.29, 1.82) is 0 Å². The molecule has 0 bridgehead atoms. The normalized spacial score (nSPS) is 10.7. The van der Waals surface area contributed by atoms with Crippen LogP contribution in [0.15, 0.2) is 36.5 Å². The SMILES string of the molecule is C=C/C=C(/B(O)O)C(=C)[N+](=O)[O-]. The molecule has 0 saturated carbocycles. The standard InChI is InChI=1S/C6H8BNO4/c1-3-4-6(7(9)10)5(2)8(11)12/h3-4,9-10H,1-2H2/b6-4+. The average Bonchev–Trinajstić information content (AvgIpc) is 1.98. The number of allylic oxidation sites excluding steroid dienone is 3. The number of nitro groups is 1. The van der Waals surface area contributed by atoms with E-state index < -0.39 is 17.7 Å². The quantitative estimate of drug-likeness (QED) is 0.266. The highest BCUT2D eigenvalue weighted by Crippen LogP contribution is 2.09. The van der Waals surface area contributed by atoms with Crippen molar-refractivity contribution in [2.24, 2.45) is 0 Å². The fourth-order valence-corrected chi connectivity index (χ4v) is 0.564. The maximum atomic E-state index is 10.1. The molecule has 64 valence electrons. The van der Waals surface area contributed by atoms with Crippen molar-refractivity contribution in [2.75, 3.05) is 0 Å². The van der Waals surface area contributed by atoms with Gasteiger partial charge in [0.1, 0.15) is 0 Å². The maximum absolute atomic E-state index is 10.1. The third-order valence-electron chi connectivity index (χ3n) is 1.13. The summed E-state index contributed by atoms with van der Waals surface area (Å²) in [6, 6.07) is 0. The topological polar surface area (TPSA) is 83.6 Å². The Morgan fingerprint density at radius 2 is 2.08 bits per heavy atom. The van der Waals surface area contributed by atoms with Crippen LogP contribution >= 0.6 is 0 Å². The molecule has 0 spiro atoms. The lowest BCUT2D eigenvalue weighted by atomic mass is 9.77. The van der Waals surface area contributed by atoms with Crippen LogP contribution < -0.4 is 0 Å². The van der Waals surface area contributed by atoms with Crippen molar-refractivity contribution in [3.05, 3.63) is 46.6 Å². The fourth-order valence-electron chi connectivity index (χ4n) is 0.564. The van der Waals surface area contributed by atoms with Crippen LogP contribution in [0.1, 0.15) is 0 Å². The molecule has 0 aliphatic rings. The van der Waals surface area contributed by atoms with Gasteiger partial charge in [0, 0.05) is 0 Å². The lowest BCUT2D eigenvalue weighted by Crippen LogP contribution is -2.19. The van der Waals surface area contributed by atoms with E-state index in [1.54, 1.807) is 0 Å². The van der Waals surface area contributed by atoms with E-state index in [1.807, 2.05) is 0 Å². The van der Waals surface area contributed by atoms with Crippen LogP contribution in [0.5, 0.6) is 0 Å². The molecule has 0 heterocycles. The van der Waals surface area contributed by atoms with Gasteiger partial charge >= 0.3 is 7.12 Å². The van der Waals surface area contributed by atoms with Gasteiger partial charge in [-0.2, -0.15) is 0 Å². The molecule has 0 amide bonds. The third kappa shape index (κ3) is 2.69. The second kappa shape index (κ2) is 4.48. The first kappa shape index (κ1) is 10.6. The molecule has 0 aromatic carbocycles. The molecule has 0 fully saturated rings. The zero-order valence-corrected chi connectivity index (χ0v) is 6.30. The minimum Gasteiger partial charge on any atom is -0.423 e. The van der Waals surface area contributed by atoms with Crippen LogP contribution in [0, 0.1) is 10.1 Å². The Balaban J connectivity index is 4.76. The summed E-state index contributed by atoms with van der Waals surface area (Å²) in [5.74, 6) is 0. The molecular weight excluding hydrogens is 161 g/mol. The number of hydrogen-bond acceptors (Lipinski definition) is 4. The molecule has 0 radical (unpaired) electrons. The van der Waals surface area contributed by atoms with Gasteiger partial charge in [-0.05, 0) is 6.58 Å². The minimum absolute atomic E-state index is 0.269. The summed E-state index contributed by atoms with van der Waals surface area (Å²) < 4.78 is 0. The highest BCUT2D eigenvalue weighted by molar-refractivity contribution is 6.52. The van der Waals surface area contributed by atoms with Gasteiger partial charge in [-0.3, -0.25) is 10.1 Å². The monoisotopic (exact) mass is 169 g/mol. The summed E-state index contributed by atoms with van der Waals surface area (Å²) in [7, 11) is -1.90. The molecule has 0 saturated heterocycles. The Hall–Kier alpha value is -1.40. The van der Waals surface area contributed by atoms with Crippen LogP contribution in [0.3, 0.4) is 0 Å². The van der Waals surface area contributed by atoms with E-state index in [2.05, 4.69) is 13.2 Å². The largest absolute Gasteiger partial charge is 0.495 e. The number of rotatable bonds is 4. The zero-order chi connectivity index (χ0) is 9.72. The highest BCUT2D eigenvalue weighted by atomic mass is 16.6. The molecule has 0 aliphatic carbocycles. The molecule has 0 rings (SSSR count). The first-order valence-corrected chi connectivity index (χ1v) is 3.03. The van der Waals surface area contributed by atoms with Crippen molar-refractivity contribution in [2.45, 2.75) is 0 Å². The van der Waals surface area contributed by atoms with Crippen molar-refractivity contribution < 1.29 is 15.0 Å². The van der Waals surface area contributed by atoms with Gasteiger partial charge in [-0.15, -0.1) is 0 Å². The summed E-state index contributed by atoms with van der Waals surface area (Å²) >= 11 is 0. The Labute approximate surface area is 69.6 Å². The molecule has 6 heteroatoms. The van der Waals surface area contributed by atoms with E-state index >= 15 is 0 Å². The maximum Gasteiger partial charge on any atom is 0.495 e. The van der Waals surface area contributed by atoms with E-state index in [4.69, 9.17) is 10.0 Å². The van der Waals surface area contributed by atoms with Crippen LogP contribution in [0.2, 0.25) is 0 Å². The summed E-state index contributed by atoms with van der Waals surface area (Å²) in [5.41, 5.74) is -0.820. The Kier molecular flexibility index (Phi) is 3.96. The lowest BCUT2D eigenvalue weighted by Gasteiger charge is -1.99. The van der Waals surface area contributed by atoms with Crippen molar-refractivity contribution >= 4 is 7.12 Å². The summed E-state index contributed by atoms with van der Waals surface area (Å²) in [5, 5.41) is 27.4. The van der Waals surface area contributed by atoms with Crippen molar-refractivity contribution in [1.82, 2.24) is 0 Å². The lowest BCUT2D eigenvalue weighted by molar-refractivity contribution is -0.419. The number of hydrogen-bond donors (Lipinski definition) is 2. The van der Waals surface area contributed by atoms with Crippen molar-refractivity contribution in [3.8, 4) is 0 Å². The van der Waals surface area contributed by atoms with Gasteiger partial charge in [0.25, 0.3) is 5.70 Å². The molecule has 12 heavy (non-hydrogen) atoms. The highest BCUT2D eigenvalue weighted by Gasteiger charge is 2.24. The summed E-state index contributed by atoms with van der Waals surface area (Å²) in [4.78, 5) is 9.33. The van der Waals surface area contributed by atoms with E-state index in [-0.39, 0.29) is 5.47 Å². The van der Waals surface area contributed by atoms with Gasteiger partial charge < -0.3 is 10.0 Å². The van der Waals surface area contributed by atoms with Gasteiger partial charge in [0.2, 0.25) is 0 Å². The van der Waals surface area contributed by atoms with E-state index in [1.165, 1.54) is 6.08 Å². The third-order valence-corrected chi connectivity index (χ3v) is 1.13. The van der Waals surface area contributed by atoms with Crippen LogP contribution in [-0.2, 0) is 0 Å². The summed E-state index contributed by atoms with van der Waals surface area (Å²) in [6.45, 7) is 6.32. The molecule has 0 aliphatic heterocycles. The molecule has 2 N–H and O–H groups in total. The van der Waals surface area contributed by atoms with E-state index in [9.17, 15) is 10.1 Å². The smallest absolute Gasteiger partial charge is 0.423 e. The van der Waals surface area contributed by atoms with Crippen LogP contribution in [-0.4, -0.2) is 22.1 Å². The molecule has 0 aromatic rings. The Bertz CT molecular complexity index is 246.